The van der Waals surface area contributed by atoms with Crippen molar-refractivity contribution in [2.45, 2.75) is 32.1 Å². The van der Waals surface area contributed by atoms with Crippen molar-refractivity contribution in [1.82, 2.24) is 0 Å². The van der Waals surface area contributed by atoms with Crippen LogP contribution >= 0.6 is 0 Å². The summed E-state index contributed by atoms with van der Waals surface area (Å²) < 4.78 is 25.7. The molecule has 0 unspecified atom stereocenters. The van der Waals surface area contributed by atoms with E-state index in [1.54, 1.807) is 6.92 Å². The standard InChI is InChI=1S/C8H15F2N/c1-6-4-7(5-11)2-3-8(6,9)10/h6-7H,2-5,11H2,1H3/t6-,7-/m1/s1. The fourth-order valence-electron chi connectivity index (χ4n) is 1.65. The van der Waals surface area contributed by atoms with Crippen molar-refractivity contribution in [3.63, 3.8) is 0 Å². The molecule has 0 amide bonds. The quantitative estimate of drug-likeness (QED) is 0.628. The van der Waals surface area contributed by atoms with Crippen LogP contribution in [0.15, 0.2) is 0 Å². The molecule has 1 aliphatic rings. The molecule has 0 aromatic heterocycles. The Morgan fingerprint density at radius 2 is 2.18 bits per heavy atom. The van der Waals surface area contributed by atoms with Crippen molar-refractivity contribution in [3.05, 3.63) is 0 Å². The average molecular weight is 163 g/mol. The van der Waals surface area contributed by atoms with E-state index in [4.69, 9.17) is 5.73 Å². The van der Waals surface area contributed by atoms with Gasteiger partial charge in [-0.15, -0.1) is 0 Å². The lowest BCUT2D eigenvalue weighted by molar-refractivity contribution is -0.0896. The molecular formula is C8H15F2N. The van der Waals surface area contributed by atoms with E-state index in [2.05, 4.69) is 0 Å². The number of alkyl halides is 2. The van der Waals surface area contributed by atoms with E-state index in [1.165, 1.54) is 0 Å². The lowest BCUT2D eigenvalue weighted by Gasteiger charge is -2.33. The minimum Gasteiger partial charge on any atom is -0.330 e. The van der Waals surface area contributed by atoms with Gasteiger partial charge in [0.15, 0.2) is 0 Å². The molecule has 0 radical (unpaired) electrons. The molecule has 0 saturated heterocycles. The summed E-state index contributed by atoms with van der Waals surface area (Å²) in [6.07, 6.45) is 1.20. The molecule has 0 spiro atoms. The zero-order chi connectivity index (χ0) is 8.48. The van der Waals surface area contributed by atoms with Crippen molar-refractivity contribution in [2.75, 3.05) is 6.54 Å². The lowest BCUT2D eigenvalue weighted by atomic mass is 9.80. The molecule has 1 rings (SSSR count). The predicted octanol–water partition coefficient (Wildman–Crippen LogP) is 2.02. The first-order chi connectivity index (χ1) is 5.06. The molecule has 0 bridgehead atoms. The molecule has 1 nitrogen and oxygen atoms in total. The van der Waals surface area contributed by atoms with Crippen LogP contribution in [0, 0.1) is 11.8 Å². The van der Waals surface area contributed by atoms with Gasteiger partial charge in [0.1, 0.15) is 0 Å². The van der Waals surface area contributed by atoms with Crippen molar-refractivity contribution in [1.29, 1.82) is 0 Å². The second-order valence-electron chi connectivity index (χ2n) is 3.54. The van der Waals surface area contributed by atoms with Crippen LogP contribution in [0.4, 0.5) is 8.78 Å². The van der Waals surface area contributed by atoms with Crippen LogP contribution in [-0.2, 0) is 0 Å². The molecule has 66 valence electrons. The maximum atomic E-state index is 12.9. The maximum Gasteiger partial charge on any atom is 0.250 e. The van der Waals surface area contributed by atoms with E-state index in [-0.39, 0.29) is 6.42 Å². The van der Waals surface area contributed by atoms with Gasteiger partial charge in [0.2, 0.25) is 0 Å². The average Bonchev–Trinajstić information content (AvgIpc) is 1.95. The second-order valence-corrected chi connectivity index (χ2v) is 3.54. The molecule has 3 heteroatoms. The third-order valence-corrected chi connectivity index (χ3v) is 2.63. The van der Waals surface area contributed by atoms with Crippen LogP contribution in [0.5, 0.6) is 0 Å². The topological polar surface area (TPSA) is 26.0 Å². The Morgan fingerprint density at radius 3 is 2.64 bits per heavy atom. The number of hydrogen-bond acceptors (Lipinski definition) is 1. The normalized spacial score (nSPS) is 37.1. The highest BCUT2D eigenvalue weighted by molar-refractivity contribution is 4.83. The highest BCUT2D eigenvalue weighted by Gasteiger charge is 2.41. The highest BCUT2D eigenvalue weighted by Crippen LogP contribution is 2.40. The number of nitrogens with two attached hydrogens (primary N) is 1. The monoisotopic (exact) mass is 163 g/mol. The van der Waals surface area contributed by atoms with E-state index in [1.807, 2.05) is 0 Å². The molecule has 0 aromatic carbocycles. The van der Waals surface area contributed by atoms with Crippen LogP contribution in [0.3, 0.4) is 0 Å². The molecule has 11 heavy (non-hydrogen) atoms. The summed E-state index contributed by atoms with van der Waals surface area (Å²) in [5, 5.41) is 0. The Kier molecular flexibility index (Phi) is 2.47. The molecule has 1 saturated carbocycles. The molecule has 1 aliphatic carbocycles. The van der Waals surface area contributed by atoms with Gasteiger partial charge in [0.25, 0.3) is 5.92 Å². The molecule has 0 aromatic rings. The van der Waals surface area contributed by atoms with Gasteiger partial charge in [-0.1, -0.05) is 6.92 Å². The Hall–Kier alpha value is -0.180. The SMILES string of the molecule is C[C@@H]1C[C@H](CN)CCC1(F)F. The van der Waals surface area contributed by atoms with Gasteiger partial charge in [0, 0.05) is 12.3 Å². The zero-order valence-corrected chi connectivity index (χ0v) is 6.82. The fourth-order valence-corrected chi connectivity index (χ4v) is 1.65. The summed E-state index contributed by atoms with van der Waals surface area (Å²) >= 11 is 0. The minimum atomic E-state index is -2.44. The van der Waals surface area contributed by atoms with Gasteiger partial charge in [0.05, 0.1) is 0 Å². The van der Waals surface area contributed by atoms with E-state index >= 15 is 0 Å². The van der Waals surface area contributed by atoms with Crippen molar-refractivity contribution >= 4 is 0 Å². The van der Waals surface area contributed by atoms with Crippen molar-refractivity contribution in [2.24, 2.45) is 17.6 Å². The van der Waals surface area contributed by atoms with Crippen molar-refractivity contribution in [3.8, 4) is 0 Å². The molecule has 2 atom stereocenters. The summed E-state index contributed by atoms with van der Waals surface area (Å²) in [7, 11) is 0. The van der Waals surface area contributed by atoms with Gasteiger partial charge in [-0.05, 0) is 25.3 Å². The Labute approximate surface area is 66.0 Å². The number of halogens is 2. The summed E-state index contributed by atoms with van der Waals surface area (Å²) in [5.41, 5.74) is 5.41. The molecule has 0 aliphatic heterocycles. The first-order valence-electron chi connectivity index (χ1n) is 4.14. The third-order valence-electron chi connectivity index (χ3n) is 2.63. The van der Waals surface area contributed by atoms with Gasteiger partial charge in [-0.2, -0.15) is 0 Å². The minimum absolute atomic E-state index is 0.0238. The third kappa shape index (κ3) is 1.89. The van der Waals surface area contributed by atoms with Crippen molar-refractivity contribution < 1.29 is 8.78 Å². The van der Waals surface area contributed by atoms with E-state index in [0.717, 1.165) is 0 Å². The molecule has 0 heterocycles. The molecular weight excluding hydrogens is 148 g/mol. The Bertz CT molecular complexity index is 136. The predicted molar refractivity (Wildman–Crippen MR) is 40.5 cm³/mol. The lowest BCUT2D eigenvalue weighted by Crippen LogP contribution is -2.35. The smallest absolute Gasteiger partial charge is 0.250 e. The summed E-state index contributed by atoms with van der Waals surface area (Å²) in [6, 6.07) is 0. The Morgan fingerprint density at radius 1 is 1.55 bits per heavy atom. The van der Waals surface area contributed by atoms with Crippen LogP contribution in [0.1, 0.15) is 26.2 Å². The maximum absolute atomic E-state index is 12.9. The van der Waals surface area contributed by atoms with E-state index in [9.17, 15) is 8.78 Å². The van der Waals surface area contributed by atoms with E-state index < -0.39 is 11.8 Å². The van der Waals surface area contributed by atoms with Crippen LogP contribution < -0.4 is 5.73 Å². The first-order valence-corrected chi connectivity index (χ1v) is 4.14. The van der Waals surface area contributed by atoms with Crippen LogP contribution in [0.25, 0.3) is 0 Å². The highest BCUT2D eigenvalue weighted by atomic mass is 19.3. The largest absolute Gasteiger partial charge is 0.330 e. The number of hydrogen-bond donors (Lipinski definition) is 1. The first kappa shape index (κ1) is 8.91. The van der Waals surface area contributed by atoms with Gasteiger partial charge < -0.3 is 5.73 Å². The van der Waals surface area contributed by atoms with Gasteiger partial charge in [-0.25, -0.2) is 8.78 Å². The van der Waals surface area contributed by atoms with E-state index in [0.29, 0.717) is 25.3 Å². The second kappa shape index (κ2) is 3.05. The van der Waals surface area contributed by atoms with Gasteiger partial charge >= 0.3 is 0 Å². The summed E-state index contributed by atoms with van der Waals surface area (Å²) in [4.78, 5) is 0. The molecule has 2 N–H and O–H groups in total. The van der Waals surface area contributed by atoms with Crippen LogP contribution in [0.2, 0.25) is 0 Å². The molecule has 1 fully saturated rings. The fraction of sp³-hybridized carbons (Fsp3) is 1.00. The van der Waals surface area contributed by atoms with Gasteiger partial charge in [-0.3, -0.25) is 0 Å². The zero-order valence-electron chi connectivity index (χ0n) is 6.82. The number of rotatable bonds is 1. The summed E-state index contributed by atoms with van der Waals surface area (Å²) in [6.45, 7) is 2.17. The summed E-state index contributed by atoms with van der Waals surface area (Å²) in [5.74, 6) is -2.60. The van der Waals surface area contributed by atoms with Crippen LogP contribution in [-0.4, -0.2) is 12.5 Å². The Balaban J connectivity index is 2.48.